The lowest BCUT2D eigenvalue weighted by molar-refractivity contribution is -0.165. The van der Waals surface area contributed by atoms with Crippen LogP contribution in [-0.4, -0.2) is 66.8 Å². The van der Waals surface area contributed by atoms with Crippen molar-refractivity contribution in [1.29, 1.82) is 0 Å². The van der Waals surface area contributed by atoms with Gasteiger partial charge in [0, 0.05) is 32.8 Å². The zero-order valence-electron chi connectivity index (χ0n) is 20.3. The smallest absolute Gasteiger partial charge is 0.261 e. The molecule has 1 atom stereocenters. The zero-order valence-corrected chi connectivity index (χ0v) is 20.3. The van der Waals surface area contributed by atoms with E-state index in [1.54, 1.807) is 26.4 Å². The van der Waals surface area contributed by atoms with Crippen LogP contribution in [0.4, 0.5) is 0 Å². The van der Waals surface area contributed by atoms with Gasteiger partial charge in [-0.15, -0.1) is 0 Å². The van der Waals surface area contributed by atoms with Gasteiger partial charge in [0.1, 0.15) is 0 Å². The number of amides is 2. The number of benzene rings is 1. The van der Waals surface area contributed by atoms with Crippen molar-refractivity contribution < 1.29 is 19.1 Å². The lowest BCUT2D eigenvalue weighted by Gasteiger charge is -2.48. The van der Waals surface area contributed by atoms with Gasteiger partial charge in [0.25, 0.3) is 11.8 Å². The van der Waals surface area contributed by atoms with Crippen LogP contribution in [0.25, 0.3) is 0 Å². The van der Waals surface area contributed by atoms with Crippen molar-refractivity contribution in [3.8, 4) is 0 Å². The van der Waals surface area contributed by atoms with E-state index in [-0.39, 0.29) is 24.1 Å². The van der Waals surface area contributed by atoms with Gasteiger partial charge in [0.15, 0.2) is 6.29 Å². The monoisotopic (exact) mass is 456 g/mol. The van der Waals surface area contributed by atoms with Crippen LogP contribution in [0.1, 0.15) is 97.8 Å². The molecule has 0 aromatic heterocycles. The average Bonchev–Trinajstić information content (AvgIpc) is 3.11. The molecule has 0 spiro atoms. The van der Waals surface area contributed by atoms with Gasteiger partial charge in [-0.1, -0.05) is 50.7 Å². The highest BCUT2D eigenvalue weighted by atomic mass is 16.7. The second kappa shape index (κ2) is 11.6. The van der Waals surface area contributed by atoms with E-state index in [0.29, 0.717) is 29.8 Å². The molecule has 6 heteroatoms. The van der Waals surface area contributed by atoms with Crippen molar-refractivity contribution in [1.82, 2.24) is 9.80 Å². The third-order valence-electron chi connectivity index (χ3n) is 7.91. The van der Waals surface area contributed by atoms with Crippen molar-refractivity contribution in [3.63, 3.8) is 0 Å². The number of ether oxygens (including phenoxy) is 2. The topological polar surface area (TPSA) is 59.1 Å². The van der Waals surface area contributed by atoms with E-state index in [4.69, 9.17) is 9.47 Å². The summed E-state index contributed by atoms with van der Waals surface area (Å²) in [6, 6.07) is 8.39. The Kier molecular flexibility index (Phi) is 8.55. The Bertz CT molecular complexity index is 744. The summed E-state index contributed by atoms with van der Waals surface area (Å²) in [6.07, 6.45) is 14.1. The molecule has 1 unspecified atom stereocenters. The van der Waals surface area contributed by atoms with Crippen LogP contribution in [0.15, 0.2) is 24.3 Å². The average molecular weight is 457 g/mol. The largest absolute Gasteiger partial charge is 0.354 e. The maximum atomic E-state index is 12.8. The van der Waals surface area contributed by atoms with Crippen molar-refractivity contribution in [2.45, 2.75) is 101 Å². The fourth-order valence-corrected chi connectivity index (χ4v) is 6.33. The van der Waals surface area contributed by atoms with Crippen LogP contribution >= 0.6 is 0 Å². The summed E-state index contributed by atoms with van der Waals surface area (Å²) in [5.74, 6) is -0.336. The van der Waals surface area contributed by atoms with E-state index in [0.717, 1.165) is 12.8 Å². The van der Waals surface area contributed by atoms with Crippen molar-refractivity contribution >= 4 is 11.8 Å². The SMILES string of the molecule is COC(OC)C(CCCN1C(=O)c2ccccc2C1=O)N(C1CCCCC1)C1CCCCC1. The first-order valence-corrected chi connectivity index (χ1v) is 12.9. The van der Waals surface area contributed by atoms with E-state index >= 15 is 0 Å². The van der Waals surface area contributed by atoms with E-state index in [2.05, 4.69) is 4.90 Å². The quantitative estimate of drug-likeness (QED) is 0.366. The number of carbonyl (C=O) groups is 2. The fraction of sp³-hybridized carbons (Fsp3) is 0.704. The minimum absolute atomic E-state index is 0.126. The molecular weight excluding hydrogens is 416 g/mol. The molecule has 3 aliphatic rings. The van der Waals surface area contributed by atoms with Gasteiger partial charge in [-0.05, 0) is 50.7 Å². The van der Waals surface area contributed by atoms with E-state index in [9.17, 15) is 9.59 Å². The predicted molar refractivity (Wildman–Crippen MR) is 128 cm³/mol. The molecule has 2 fully saturated rings. The molecule has 1 aromatic rings. The van der Waals surface area contributed by atoms with Gasteiger partial charge < -0.3 is 9.47 Å². The van der Waals surface area contributed by atoms with Gasteiger partial charge in [-0.3, -0.25) is 19.4 Å². The lowest BCUT2D eigenvalue weighted by atomic mass is 9.86. The number of fused-ring (bicyclic) bond motifs is 1. The Morgan fingerprint density at radius 2 is 1.33 bits per heavy atom. The maximum Gasteiger partial charge on any atom is 0.261 e. The third-order valence-corrected chi connectivity index (χ3v) is 7.91. The summed E-state index contributed by atoms with van der Waals surface area (Å²) >= 11 is 0. The minimum Gasteiger partial charge on any atom is -0.354 e. The van der Waals surface area contributed by atoms with Gasteiger partial charge in [0.2, 0.25) is 0 Å². The first-order valence-electron chi connectivity index (χ1n) is 12.9. The Morgan fingerprint density at radius 1 is 0.848 bits per heavy atom. The van der Waals surface area contributed by atoms with Crippen molar-refractivity contribution in [3.05, 3.63) is 35.4 Å². The predicted octanol–water partition coefficient (Wildman–Crippen LogP) is 5.02. The number of methoxy groups -OCH3 is 2. The molecule has 2 amide bonds. The van der Waals surface area contributed by atoms with E-state index in [1.165, 1.54) is 69.1 Å². The molecule has 182 valence electrons. The Balaban J connectivity index is 1.48. The number of carbonyl (C=O) groups excluding carboxylic acids is 2. The molecule has 1 heterocycles. The molecule has 33 heavy (non-hydrogen) atoms. The molecule has 2 saturated carbocycles. The second-order valence-electron chi connectivity index (χ2n) is 9.89. The lowest BCUT2D eigenvalue weighted by Crippen LogP contribution is -2.56. The van der Waals surface area contributed by atoms with Crippen molar-refractivity contribution in [2.75, 3.05) is 20.8 Å². The number of nitrogens with zero attached hydrogens (tertiary/aromatic N) is 2. The number of hydrogen-bond acceptors (Lipinski definition) is 5. The molecule has 1 aliphatic heterocycles. The second-order valence-corrected chi connectivity index (χ2v) is 9.89. The molecule has 2 aliphatic carbocycles. The first-order chi connectivity index (χ1) is 16.2. The standard InChI is InChI=1S/C27H40N2O4/c1-32-27(33-2)24(29(20-12-5-3-6-13-20)21-14-7-4-8-15-21)18-11-19-28-25(30)22-16-9-10-17-23(22)26(28)31/h9-10,16-17,20-21,24,27H,3-8,11-15,18-19H2,1-2H3. The minimum atomic E-state index is -0.309. The Labute approximate surface area is 198 Å². The maximum absolute atomic E-state index is 12.8. The van der Waals surface area contributed by atoms with E-state index < -0.39 is 0 Å². The normalized spacial score (nSPS) is 21.3. The highest BCUT2D eigenvalue weighted by Crippen LogP contribution is 2.34. The Morgan fingerprint density at radius 3 is 1.79 bits per heavy atom. The van der Waals surface area contributed by atoms with Crippen LogP contribution in [-0.2, 0) is 9.47 Å². The third kappa shape index (κ3) is 5.33. The molecule has 0 saturated heterocycles. The Hall–Kier alpha value is -1.76. The molecule has 1 aromatic carbocycles. The first kappa shape index (κ1) is 24.4. The van der Waals surface area contributed by atoms with Gasteiger partial charge in [0.05, 0.1) is 17.2 Å². The number of imide groups is 1. The highest BCUT2D eigenvalue weighted by Gasteiger charge is 2.39. The summed E-state index contributed by atoms with van der Waals surface area (Å²) < 4.78 is 11.7. The molecule has 4 rings (SSSR count). The van der Waals surface area contributed by atoms with E-state index in [1.807, 2.05) is 12.1 Å². The fourth-order valence-electron chi connectivity index (χ4n) is 6.33. The number of rotatable bonds is 10. The molecule has 0 radical (unpaired) electrons. The van der Waals surface area contributed by atoms with Crippen LogP contribution in [0, 0.1) is 0 Å². The summed E-state index contributed by atoms with van der Waals surface area (Å²) in [4.78, 5) is 29.8. The van der Waals surface area contributed by atoms with Gasteiger partial charge in [-0.25, -0.2) is 0 Å². The highest BCUT2D eigenvalue weighted by molar-refractivity contribution is 6.21. The van der Waals surface area contributed by atoms with Crippen LogP contribution in [0.3, 0.4) is 0 Å². The van der Waals surface area contributed by atoms with Gasteiger partial charge in [-0.2, -0.15) is 0 Å². The van der Waals surface area contributed by atoms with Crippen molar-refractivity contribution in [2.24, 2.45) is 0 Å². The molecular formula is C27H40N2O4. The summed E-state index contributed by atoms with van der Waals surface area (Å²) in [5.41, 5.74) is 1.05. The number of hydrogen-bond donors (Lipinski definition) is 0. The van der Waals surface area contributed by atoms with Gasteiger partial charge >= 0.3 is 0 Å². The summed E-state index contributed by atoms with van der Waals surface area (Å²) in [5, 5.41) is 0. The summed E-state index contributed by atoms with van der Waals surface area (Å²) in [7, 11) is 3.45. The molecule has 0 N–H and O–H groups in total. The molecule has 0 bridgehead atoms. The summed E-state index contributed by atoms with van der Waals surface area (Å²) in [6.45, 7) is 0.437. The zero-order chi connectivity index (χ0) is 23.2. The van der Waals surface area contributed by atoms with Crippen LogP contribution in [0.2, 0.25) is 0 Å². The van der Waals surface area contributed by atoms with Crippen LogP contribution < -0.4 is 0 Å². The van der Waals surface area contributed by atoms with Crippen LogP contribution in [0.5, 0.6) is 0 Å². The molecule has 6 nitrogen and oxygen atoms in total.